The summed E-state index contributed by atoms with van der Waals surface area (Å²) in [6.07, 6.45) is 0.849. The first kappa shape index (κ1) is 10.2. The summed E-state index contributed by atoms with van der Waals surface area (Å²) in [7, 11) is 0. The Balaban J connectivity index is 2.05. The molecule has 17 heavy (non-hydrogen) atoms. The molecule has 0 amide bonds. The fraction of sp³-hybridized carbons (Fsp3) is 0.143. The summed E-state index contributed by atoms with van der Waals surface area (Å²) < 4.78 is 5.86. The summed E-state index contributed by atoms with van der Waals surface area (Å²) in [5.41, 5.74) is 8.86. The molecule has 2 aromatic carbocycles. The summed E-state index contributed by atoms with van der Waals surface area (Å²) in [5.74, 6) is 1.74. The van der Waals surface area contributed by atoms with Gasteiger partial charge in [0.1, 0.15) is 0 Å². The second-order valence-corrected chi connectivity index (χ2v) is 4.05. The van der Waals surface area contributed by atoms with Crippen LogP contribution >= 0.6 is 0 Å². The number of benzene rings is 2. The summed E-state index contributed by atoms with van der Waals surface area (Å²) in [4.78, 5) is 0. The van der Waals surface area contributed by atoms with Crippen LogP contribution in [0.4, 0.5) is 11.4 Å². The first-order valence-electron chi connectivity index (χ1n) is 5.74. The third-order valence-electron chi connectivity index (χ3n) is 2.89. The van der Waals surface area contributed by atoms with E-state index in [0.717, 1.165) is 29.3 Å². The molecule has 0 fully saturated rings. The quantitative estimate of drug-likeness (QED) is 0.706. The lowest BCUT2D eigenvalue weighted by molar-refractivity contribution is 0.480. The Morgan fingerprint density at radius 2 is 1.82 bits per heavy atom. The van der Waals surface area contributed by atoms with Gasteiger partial charge in [0, 0.05) is 0 Å². The van der Waals surface area contributed by atoms with Crippen molar-refractivity contribution in [3.8, 4) is 11.5 Å². The molecule has 2 aromatic rings. The third kappa shape index (κ3) is 1.74. The van der Waals surface area contributed by atoms with Gasteiger partial charge in [-0.2, -0.15) is 0 Å². The van der Waals surface area contributed by atoms with Crippen LogP contribution in [-0.2, 0) is 6.42 Å². The summed E-state index contributed by atoms with van der Waals surface area (Å²) in [6, 6.07) is 14.0. The van der Waals surface area contributed by atoms with E-state index in [1.807, 2.05) is 36.4 Å². The average Bonchev–Trinajstić information content (AvgIpc) is 2.37. The largest absolute Gasteiger partial charge is 0.453 e. The van der Waals surface area contributed by atoms with Crippen LogP contribution in [0, 0.1) is 0 Å². The van der Waals surface area contributed by atoms with E-state index in [1.165, 1.54) is 5.56 Å². The first-order chi connectivity index (χ1) is 8.38. The van der Waals surface area contributed by atoms with E-state index >= 15 is 0 Å². The van der Waals surface area contributed by atoms with Crippen LogP contribution < -0.4 is 15.8 Å². The number of nitrogens with one attached hydrogen (secondary N) is 1. The van der Waals surface area contributed by atoms with Gasteiger partial charge >= 0.3 is 0 Å². The van der Waals surface area contributed by atoms with Gasteiger partial charge in [0.2, 0.25) is 0 Å². The van der Waals surface area contributed by atoms with Crippen LogP contribution in [0.1, 0.15) is 5.56 Å². The molecule has 1 aliphatic heterocycles. The fourth-order valence-electron chi connectivity index (χ4n) is 2.08. The third-order valence-corrected chi connectivity index (χ3v) is 2.89. The first-order valence-corrected chi connectivity index (χ1v) is 5.74. The fourth-order valence-corrected chi connectivity index (χ4v) is 2.08. The lowest BCUT2D eigenvalue weighted by atomic mass is 10.1. The zero-order valence-electron chi connectivity index (χ0n) is 9.44. The van der Waals surface area contributed by atoms with Crippen LogP contribution in [0.2, 0.25) is 0 Å². The van der Waals surface area contributed by atoms with Crippen molar-refractivity contribution in [2.24, 2.45) is 5.73 Å². The standard InChI is InChI=1S/C14H14N2O/c15-9-8-10-4-3-7-13-14(10)16-11-5-1-2-6-12(11)17-13/h1-7,16H,8-9,15H2. The predicted molar refractivity (Wildman–Crippen MR) is 69.0 cm³/mol. The molecule has 0 bridgehead atoms. The molecule has 0 radical (unpaired) electrons. The van der Waals surface area contributed by atoms with Crippen molar-refractivity contribution in [2.75, 3.05) is 11.9 Å². The molecule has 3 rings (SSSR count). The minimum absolute atomic E-state index is 0.639. The molecule has 0 spiro atoms. The van der Waals surface area contributed by atoms with Crippen LogP contribution in [0.25, 0.3) is 0 Å². The van der Waals surface area contributed by atoms with Crippen molar-refractivity contribution in [2.45, 2.75) is 6.42 Å². The van der Waals surface area contributed by atoms with E-state index in [9.17, 15) is 0 Å². The van der Waals surface area contributed by atoms with Gasteiger partial charge in [0.05, 0.1) is 11.4 Å². The Kier molecular flexibility index (Phi) is 2.46. The Bertz CT molecular complexity index is 552. The van der Waals surface area contributed by atoms with E-state index in [0.29, 0.717) is 6.54 Å². The number of nitrogens with two attached hydrogens (primary N) is 1. The van der Waals surface area contributed by atoms with E-state index < -0.39 is 0 Å². The minimum atomic E-state index is 0.639. The van der Waals surface area contributed by atoms with Gasteiger partial charge in [-0.25, -0.2) is 0 Å². The maximum Gasteiger partial charge on any atom is 0.151 e. The molecule has 1 aliphatic rings. The van der Waals surface area contributed by atoms with Gasteiger partial charge in [-0.3, -0.25) is 0 Å². The number of hydrogen-bond acceptors (Lipinski definition) is 3. The maximum absolute atomic E-state index is 5.86. The van der Waals surface area contributed by atoms with Crippen molar-refractivity contribution in [1.29, 1.82) is 0 Å². The van der Waals surface area contributed by atoms with Gasteiger partial charge in [-0.15, -0.1) is 0 Å². The van der Waals surface area contributed by atoms with Gasteiger partial charge < -0.3 is 15.8 Å². The molecule has 3 heteroatoms. The van der Waals surface area contributed by atoms with Crippen molar-refractivity contribution in [3.05, 3.63) is 48.0 Å². The van der Waals surface area contributed by atoms with Crippen LogP contribution in [0.5, 0.6) is 11.5 Å². The zero-order valence-corrected chi connectivity index (χ0v) is 9.44. The summed E-state index contributed by atoms with van der Waals surface area (Å²) in [5, 5.41) is 3.41. The van der Waals surface area contributed by atoms with Crippen molar-refractivity contribution in [3.63, 3.8) is 0 Å². The number of anilines is 2. The number of ether oxygens (including phenoxy) is 1. The molecule has 0 aromatic heterocycles. The van der Waals surface area contributed by atoms with Gasteiger partial charge in [-0.05, 0) is 36.7 Å². The van der Waals surface area contributed by atoms with Crippen molar-refractivity contribution >= 4 is 11.4 Å². The molecular weight excluding hydrogens is 212 g/mol. The smallest absolute Gasteiger partial charge is 0.151 e. The second kappa shape index (κ2) is 4.11. The number of fused-ring (bicyclic) bond motifs is 2. The molecule has 0 saturated carbocycles. The Morgan fingerprint density at radius 3 is 2.71 bits per heavy atom. The van der Waals surface area contributed by atoms with Gasteiger partial charge in [-0.1, -0.05) is 24.3 Å². The predicted octanol–water partition coefficient (Wildman–Crippen LogP) is 3.04. The number of hydrogen-bond donors (Lipinski definition) is 2. The van der Waals surface area contributed by atoms with Gasteiger partial charge in [0.15, 0.2) is 11.5 Å². The molecule has 86 valence electrons. The Labute approximate surface area is 100 Å². The number of para-hydroxylation sites is 3. The molecule has 3 N–H and O–H groups in total. The van der Waals surface area contributed by atoms with Crippen molar-refractivity contribution in [1.82, 2.24) is 0 Å². The van der Waals surface area contributed by atoms with E-state index in [-0.39, 0.29) is 0 Å². The molecule has 0 aliphatic carbocycles. The lowest BCUT2D eigenvalue weighted by Gasteiger charge is -2.23. The molecule has 1 heterocycles. The lowest BCUT2D eigenvalue weighted by Crippen LogP contribution is -2.09. The maximum atomic E-state index is 5.86. The zero-order chi connectivity index (χ0) is 11.7. The van der Waals surface area contributed by atoms with Crippen LogP contribution in [-0.4, -0.2) is 6.54 Å². The molecular formula is C14H14N2O. The van der Waals surface area contributed by atoms with E-state index in [1.54, 1.807) is 0 Å². The molecule has 0 unspecified atom stereocenters. The minimum Gasteiger partial charge on any atom is -0.453 e. The highest BCUT2D eigenvalue weighted by Crippen LogP contribution is 2.43. The normalized spacial score (nSPS) is 12.1. The monoisotopic (exact) mass is 226 g/mol. The molecule has 0 saturated heterocycles. The highest BCUT2D eigenvalue weighted by molar-refractivity contribution is 5.77. The summed E-state index contributed by atoms with van der Waals surface area (Å²) in [6.45, 7) is 0.639. The van der Waals surface area contributed by atoms with Crippen molar-refractivity contribution < 1.29 is 4.74 Å². The molecule has 0 atom stereocenters. The SMILES string of the molecule is NCCc1cccc2c1Nc1ccccc1O2. The summed E-state index contributed by atoms with van der Waals surface area (Å²) >= 11 is 0. The topological polar surface area (TPSA) is 47.3 Å². The second-order valence-electron chi connectivity index (χ2n) is 4.05. The van der Waals surface area contributed by atoms with E-state index in [4.69, 9.17) is 10.5 Å². The van der Waals surface area contributed by atoms with Crippen LogP contribution in [0.15, 0.2) is 42.5 Å². The Morgan fingerprint density at radius 1 is 1.00 bits per heavy atom. The highest BCUT2D eigenvalue weighted by atomic mass is 16.5. The Hall–Kier alpha value is -2.00. The van der Waals surface area contributed by atoms with E-state index in [2.05, 4.69) is 11.4 Å². The highest BCUT2D eigenvalue weighted by Gasteiger charge is 2.17. The van der Waals surface area contributed by atoms with Gasteiger partial charge in [0.25, 0.3) is 0 Å². The molecule has 3 nitrogen and oxygen atoms in total. The number of rotatable bonds is 2. The van der Waals surface area contributed by atoms with Crippen LogP contribution in [0.3, 0.4) is 0 Å². The average molecular weight is 226 g/mol.